The quantitative estimate of drug-likeness (QED) is 0.269. The van der Waals surface area contributed by atoms with Gasteiger partial charge in [0.1, 0.15) is 0 Å². The molecule has 0 atom stereocenters. The van der Waals surface area contributed by atoms with E-state index in [1.807, 2.05) is 24.3 Å². The molecule has 0 amide bonds. The van der Waals surface area contributed by atoms with Gasteiger partial charge in [-0.15, -0.1) is 0 Å². The van der Waals surface area contributed by atoms with Gasteiger partial charge in [0.15, 0.2) is 0 Å². The van der Waals surface area contributed by atoms with Crippen LogP contribution in [0.5, 0.6) is 0 Å². The number of carbonyl (C=O) groups is 1. The van der Waals surface area contributed by atoms with E-state index in [0.717, 1.165) is 25.1 Å². The fourth-order valence-corrected chi connectivity index (χ4v) is 3.42. The molecule has 0 saturated carbocycles. The van der Waals surface area contributed by atoms with Crippen LogP contribution in [-0.4, -0.2) is 17.6 Å². The van der Waals surface area contributed by atoms with E-state index in [2.05, 4.69) is 11.4 Å². The third-order valence-electron chi connectivity index (χ3n) is 5.16. The molecule has 0 unspecified atom stereocenters. The zero-order valence-corrected chi connectivity index (χ0v) is 17.4. The second-order valence-corrected chi connectivity index (χ2v) is 7.71. The summed E-state index contributed by atoms with van der Waals surface area (Å²) in [6, 6.07) is 9.78. The SMILES string of the molecule is N#Cc1ccc(NCCCCCCCCCCCCCCCCC(=O)O)cc1. The molecule has 0 spiro atoms. The van der Waals surface area contributed by atoms with Gasteiger partial charge in [0.05, 0.1) is 11.6 Å². The van der Waals surface area contributed by atoms with E-state index in [1.165, 1.54) is 77.0 Å². The van der Waals surface area contributed by atoms with Crippen molar-refractivity contribution >= 4 is 11.7 Å². The predicted molar refractivity (Wildman–Crippen MR) is 117 cm³/mol. The van der Waals surface area contributed by atoms with Crippen LogP contribution in [0.4, 0.5) is 5.69 Å². The maximum Gasteiger partial charge on any atom is 0.303 e. The zero-order valence-electron chi connectivity index (χ0n) is 17.4. The Morgan fingerprint density at radius 1 is 0.750 bits per heavy atom. The van der Waals surface area contributed by atoms with E-state index >= 15 is 0 Å². The first kappa shape index (κ1) is 24.0. The minimum atomic E-state index is -0.667. The number of nitrogens with one attached hydrogen (secondary N) is 1. The highest BCUT2D eigenvalue weighted by Gasteiger charge is 1.97. The molecule has 0 aliphatic heterocycles. The maximum absolute atomic E-state index is 10.4. The number of unbranched alkanes of at least 4 members (excludes halogenated alkanes) is 13. The van der Waals surface area contributed by atoms with E-state index in [9.17, 15) is 4.79 Å². The second-order valence-electron chi connectivity index (χ2n) is 7.71. The van der Waals surface area contributed by atoms with Gasteiger partial charge < -0.3 is 10.4 Å². The van der Waals surface area contributed by atoms with E-state index < -0.39 is 5.97 Å². The Labute approximate surface area is 171 Å². The first-order valence-electron chi connectivity index (χ1n) is 11.2. The minimum absolute atomic E-state index is 0.327. The first-order chi connectivity index (χ1) is 13.7. The molecule has 4 nitrogen and oxygen atoms in total. The molecule has 0 aromatic heterocycles. The summed E-state index contributed by atoms with van der Waals surface area (Å²) in [6.07, 6.45) is 17.9. The fourth-order valence-electron chi connectivity index (χ4n) is 3.42. The fraction of sp³-hybridized carbons (Fsp3) is 0.667. The van der Waals surface area contributed by atoms with Gasteiger partial charge in [0, 0.05) is 18.7 Å². The number of rotatable bonds is 18. The molecule has 0 bridgehead atoms. The number of benzene rings is 1. The summed E-state index contributed by atoms with van der Waals surface area (Å²) in [5.74, 6) is -0.667. The molecule has 0 aliphatic rings. The summed E-state index contributed by atoms with van der Waals surface area (Å²) in [5.41, 5.74) is 1.80. The van der Waals surface area contributed by atoms with Crippen molar-refractivity contribution in [3.63, 3.8) is 0 Å². The molecule has 1 rings (SSSR count). The molecule has 2 N–H and O–H groups in total. The molecular formula is C24H38N2O2. The monoisotopic (exact) mass is 386 g/mol. The van der Waals surface area contributed by atoms with Crippen molar-refractivity contribution in [2.24, 2.45) is 0 Å². The molecule has 0 aliphatic carbocycles. The lowest BCUT2D eigenvalue weighted by Crippen LogP contribution is -2.01. The van der Waals surface area contributed by atoms with Crippen molar-refractivity contribution < 1.29 is 9.90 Å². The molecule has 1 aromatic rings. The smallest absolute Gasteiger partial charge is 0.303 e. The van der Waals surface area contributed by atoms with Gasteiger partial charge in [0.25, 0.3) is 0 Å². The van der Waals surface area contributed by atoms with E-state index in [-0.39, 0.29) is 0 Å². The highest BCUT2D eigenvalue weighted by Crippen LogP contribution is 2.14. The predicted octanol–water partition coefficient (Wildman–Crippen LogP) is 6.91. The Morgan fingerprint density at radius 3 is 1.61 bits per heavy atom. The lowest BCUT2D eigenvalue weighted by Gasteiger charge is -2.06. The lowest BCUT2D eigenvalue weighted by molar-refractivity contribution is -0.137. The Balaban J connectivity index is 1.76. The van der Waals surface area contributed by atoms with Crippen molar-refractivity contribution in [2.45, 2.75) is 96.3 Å². The topological polar surface area (TPSA) is 73.1 Å². The number of carboxylic acid groups (broad SMARTS) is 1. The molecule has 4 heteroatoms. The summed E-state index contributed by atoms with van der Waals surface area (Å²) in [4.78, 5) is 10.4. The van der Waals surface area contributed by atoms with Crippen LogP contribution >= 0.6 is 0 Å². The molecule has 28 heavy (non-hydrogen) atoms. The Kier molecular flexibility index (Phi) is 14.7. The standard InChI is InChI=1S/C24H38N2O2/c25-21-22-16-18-23(19-17-22)26-20-14-12-10-8-6-4-2-1-3-5-7-9-11-13-15-24(27)28/h16-19,26H,1-15,20H2,(H,27,28). The average Bonchev–Trinajstić information content (AvgIpc) is 2.70. The Hall–Kier alpha value is -2.02. The van der Waals surface area contributed by atoms with Crippen molar-refractivity contribution in [2.75, 3.05) is 11.9 Å². The van der Waals surface area contributed by atoms with Gasteiger partial charge in [-0.2, -0.15) is 5.26 Å². The zero-order chi connectivity index (χ0) is 20.3. The van der Waals surface area contributed by atoms with Crippen LogP contribution in [0.3, 0.4) is 0 Å². The summed E-state index contributed by atoms with van der Waals surface area (Å²) in [6.45, 7) is 1.00. The number of carboxylic acids is 1. The Bertz CT molecular complexity index is 549. The van der Waals surface area contributed by atoms with Gasteiger partial charge in [-0.25, -0.2) is 0 Å². The van der Waals surface area contributed by atoms with Crippen LogP contribution in [0.2, 0.25) is 0 Å². The summed E-state index contributed by atoms with van der Waals surface area (Å²) < 4.78 is 0. The minimum Gasteiger partial charge on any atom is -0.481 e. The van der Waals surface area contributed by atoms with E-state index in [0.29, 0.717) is 12.0 Å². The van der Waals surface area contributed by atoms with Gasteiger partial charge in [-0.05, 0) is 37.1 Å². The van der Waals surface area contributed by atoms with Crippen LogP contribution in [-0.2, 0) is 4.79 Å². The van der Waals surface area contributed by atoms with Gasteiger partial charge >= 0.3 is 5.97 Å². The first-order valence-corrected chi connectivity index (χ1v) is 11.2. The summed E-state index contributed by atoms with van der Waals surface area (Å²) in [7, 11) is 0. The van der Waals surface area contributed by atoms with E-state index in [4.69, 9.17) is 10.4 Å². The average molecular weight is 387 g/mol. The van der Waals surface area contributed by atoms with Crippen LogP contribution in [0.25, 0.3) is 0 Å². The highest BCUT2D eigenvalue weighted by molar-refractivity contribution is 5.66. The Morgan fingerprint density at radius 2 is 1.18 bits per heavy atom. The number of anilines is 1. The molecule has 156 valence electrons. The van der Waals surface area contributed by atoms with Crippen LogP contribution < -0.4 is 5.32 Å². The summed E-state index contributed by atoms with van der Waals surface area (Å²) >= 11 is 0. The third-order valence-corrected chi connectivity index (χ3v) is 5.16. The maximum atomic E-state index is 10.4. The molecular weight excluding hydrogens is 348 g/mol. The van der Waals surface area contributed by atoms with Crippen molar-refractivity contribution in [1.29, 1.82) is 5.26 Å². The highest BCUT2D eigenvalue weighted by atomic mass is 16.4. The number of aliphatic carboxylic acids is 1. The second kappa shape index (κ2) is 17.1. The van der Waals surface area contributed by atoms with Crippen LogP contribution in [0, 0.1) is 11.3 Å². The largest absolute Gasteiger partial charge is 0.481 e. The van der Waals surface area contributed by atoms with Crippen molar-refractivity contribution in [1.82, 2.24) is 0 Å². The van der Waals surface area contributed by atoms with Gasteiger partial charge in [0.2, 0.25) is 0 Å². The summed E-state index contributed by atoms with van der Waals surface area (Å²) in [5, 5.41) is 20.8. The molecule has 1 aromatic carbocycles. The third kappa shape index (κ3) is 14.1. The van der Waals surface area contributed by atoms with Crippen LogP contribution in [0.1, 0.15) is 102 Å². The lowest BCUT2D eigenvalue weighted by atomic mass is 10.0. The number of nitriles is 1. The van der Waals surface area contributed by atoms with Crippen molar-refractivity contribution in [3.8, 4) is 6.07 Å². The van der Waals surface area contributed by atoms with Crippen LogP contribution in [0.15, 0.2) is 24.3 Å². The molecule has 0 saturated heterocycles. The molecule has 0 heterocycles. The molecule has 0 fully saturated rings. The van der Waals surface area contributed by atoms with E-state index in [1.54, 1.807) is 0 Å². The number of hydrogen-bond acceptors (Lipinski definition) is 3. The van der Waals surface area contributed by atoms with Gasteiger partial charge in [-0.1, -0.05) is 77.0 Å². The van der Waals surface area contributed by atoms with Gasteiger partial charge in [-0.3, -0.25) is 4.79 Å². The number of nitrogens with zero attached hydrogens (tertiary/aromatic N) is 1. The van der Waals surface area contributed by atoms with Crippen molar-refractivity contribution in [3.05, 3.63) is 29.8 Å². The molecule has 0 radical (unpaired) electrons. The number of hydrogen-bond donors (Lipinski definition) is 2. The normalized spacial score (nSPS) is 10.5.